The molecule has 1 saturated carbocycles. The van der Waals surface area contributed by atoms with Crippen LogP contribution in [0, 0.1) is 11.8 Å². The molecule has 0 saturated heterocycles. The Morgan fingerprint density at radius 3 is 2.71 bits per heavy atom. The highest BCUT2D eigenvalue weighted by Gasteiger charge is 2.30. The minimum absolute atomic E-state index is 0.00481. The summed E-state index contributed by atoms with van der Waals surface area (Å²) in [7, 11) is 0. The summed E-state index contributed by atoms with van der Waals surface area (Å²) in [5.74, 6) is 0.511. The van der Waals surface area contributed by atoms with Crippen LogP contribution >= 0.6 is 0 Å². The van der Waals surface area contributed by atoms with Gasteiger partial charge in [0.25, 0.3) is 0 Å². The summed E-state index contributed by atoms with van der Waals surface area (Å²) in [5, 5.41) is 2.98. The Hall–Kier alpha value is -1.84. The molecule has 1 N–H and O–H groups in total. The minimum Gasteiger partial charge on any atom is -0.326 e. The van der Waals surface area contributed by atoms with Gasteiger partial charge in [-0.3, -0.25) is 9.59 Å². The summed E-state index contributed by atoms with van der Waals surface area (Å²) in [6.45, 7) is 4.65. The van der Waals surface area contributed by atoms with Crippen LogP contribution in [0.1, 0.15) is 38.7 Å². The van der Waals surface area contributed by atoms with Crippen LogP contribution < -0.4 is 10.2 Å². The topological polar surface area (TPSA) is 49.4 Å². The lowest BCUT2D eigenvalue weighted by Crippen LogP contribution is -2.38. The van der Waals surface area contributed by atoms with Crippen LogP contribution in [-0.2, 0) is 16.0 Å². The van der Waals surface area contributed by atoms with E-state index in [1.54, 1.807) is 0 Å². The first kappa shape index (κ1) is 14.1. The fourth-order valence-electron chi connectivity index (χ4n) is 2.81. The van der Waals surface area contributed by atoms with E-state index in [1.807, 2.05) is 36.9 Å². The van der Waals surface area contributed by atoms with E-state index in [4.69, 9.17) is 0 Å². The van der Waals surface area contributed by atoms with Crippen molar-refractivity contribution in [2.75, 3.05) is 16.8 Å². The predicted molar refractivity (Wildman–Crippen MR) is 83.3 cm³/mol. The van der Waals surface area contributed by atoms with E-state index in [0.717, 1.165) is 49.2 Å². The number of hydrogen-bond donors (Lipinski definition) is 1. The van der Waals surface area contributed by atoms with Crippen LogP contribution in [0.4, 0.5) is 11.4 Å². The number of amides is 2. The van der Waals surface area contributed by atoms with E-state index in [9.17, 15) is 9.59 Å². The smallest absolute Gasteiger partial charge is 0.229 e. The Morgan fingerprint density at radius 2 is 2.05 bits per heavy atom. The molecule has 1 heterocycles. The summed E-state index contributed by atoms with van der Waals surface area (Å²) < 4.78 is 0. The highest BCUT2D eigenvalue weighted by atomic mass is 16.2. The molecule has 4 heteroatoms. The van der Waals surface area contributed by atoms with Gasteiger partial charge in [-0.1, -0.05) is 13.8 Å². The summed E-state index contributed by atoms with van der Waals surface area (Å²) in [6, 6.07) is 5.90. The number of nitrogens with one attached hydrogen (secondary N) is 1. The average Bonchev–Trinajstić information content (AvgIpc) is 3.30. The second-order valence-electron chi connectivity index (χ2n) is 6.36. The highest BCUT2D eigenvalue weighted by Crippen LogP contribution is 2.33. The van der Waals surface area contributed by atoms with E-state index in [-0.39, 0.29) is 23.7 Å². The van der Waals surface area contributed by atoms with Crippen LogP contribution in [0.25, 0.3) is 0 Å². The summed E-state index contributed by atoms with van der Waals surface area (Å²) >= 11 is 0. The molecule has 0 bridgehead atoms. The first-order chi connectivity index (χ1) is 10.1. The lowest BCUT2D eigenvalue weighted by atomic mass is 9.99. The average molecular weight is 286 g/mol. The van der Waals surface area contributed by atoms with Crippen LogP contribution in [0.5, 0.6) is 0 Å². The van der Waals surface area contributed by atoms with Gasteiger partial charge in [-0.15, -0.1) is 0 Å². The Balaban J connectivity index is 1.81. The zero-order chi connectivity index (χ0) is 15.0. The Bertz CT molecular complexity index is 576. The maximum atomic E-state index is 12.3. The highest BCUT2D eigenvalue weighted by molar-refractivity contribution is 5.97. The van der Waals surface area contributed by atoms with Gasteiger partial charge in [-0.05, 0) is 49.4 Å². The monoisotopic (exact) mass is 286 g/mol. The second kappa shape index (κ2) is 5.51. The van der Waals surface area contributed by atoms with Gasteiger partial charge in [0.05, 0.1) is 0 Å². The van der Waals surface area contributed by atoms with Crippen LogP contribution in [0.3, 0.4) is 0 Å². The number of fused-ring (bicyclic) bond motifs is 1. The summed E-state index contributed by atoms with van der Waals surface area (Å²) in [5.41, 5.74) is 3.01. The number of hydrogen-bond acceptors (Lipinski definition) is 2. The van der Waals surface area contributed by atoms with Gasteiger partial charge in [0, 0.05) is 29.8 Å². The van der Waals surface area contributed by atoms with Crippen molar-refractivity contribution in [1.82, 2.24) is 0 Å². The predicted octanol–water partition coefficient (Wildman–Crippen LogP) is 2.97. The lowest BCUT2D eigenvalue weighted by Gasteiger charge is -2.31. The Morgan fingerprint density at radius 1 is 1.29 bits per heavy atom. The number of carbonyl (C=O) groups is 2. The maximum absolute atomic E-state index is 12.3. The fourth-order valence-corrected chi connectivity index (χ4v) is 2.81. The molecule has 4 nitrogen and oxygen atoms in total. The van der Waals surface area contributed by atoms with E-state index in [2.05, 4.69) is 5.32 Å². The van der Waals surface area contributed by atoms with E-state index >= 15 is 0 Å². The van der Waals surface area contributed by atoms with Crippen molar-refractivity contribution in [1.29, 1.82) is 0 Å². The zero-order valence-electron chi connectivity index (χ0n) is 12.7. The van der Waals surface area contributed by atoms with E-state index in [1.165, 1.54) is 0 Å². The van der Waals surface area contributed by atoms with Crippen molar-refractivity contribution in [3.05, 3.63) is 23.8 Å². The van der Waals surface area contributed by atoms with Crippen molar-refractivity contribution in [2.24, 2.45) is 11.8 Å². The molecule has 1 aliphatic carbocycles. The molecule has 2 aliphatic rings. The van der Waals surface area contributed by atoms with Gasteiger partial charge in [-0.2, -0.15) is 0 Å². The molecule has 2 amide bonds. The third-order valence-corrected chi connectivity index (χ3v) is 4.17. The number of rotatable bonds is 3. The van der Waals surface area contributed by atoms with Gasteiger partial charge >= 0.3 is 0 Å². The third kappa shape index (κ3) is 2.94. The lowest BCUT2D eigenvalue weighted by molar-refractivity contribution is -0.121. The molecule has 0 aromatic heterocycles. The molecule has 0 spiro atoms. The van der Waals surface area contributed by atoms with Gasteiger partial charge in [0.1, 0.15) is 0 Å². The molecule has 1 aromatic carbocycles. The third-order valence-electron chi connectivity index (χ3n) is 4.17. The van der Waals surface area contributed by atoms with Crippen molar-refractivity contribution in [3.63, 3.8) is 0 Å². The summed E-state index contributed by atoms with van der Waals surface area (Å²) in [4.78, 5) is 26.0. The molecule has 1 aliphatic heterocycles. The number of nitrogens with zero attached hydrogens (tertiary/aromatic N) is 1. The van der Waals surface area contributed by atoms with Crippen molar-refractivity contribution in [3.8, 4) is 0 Å². The number of aryl methyl sites for hydroxylation is 1. The Kier molecular flexibility index (Phi) is 3.70. The molecule has 0 atom stereocenters. The molecule has 0 radical (unpaired) electrons. The molecule has 0 unspecified atom stereocenters. The van der Waals surface area contributed by atoms with Gasteiger partial charge in [-0.25, -0.2) is 0 Å². The zero-order valence-corrected chi connectivity index (χ0v) is 12.7. The van der Waals surface area contributed by atoms with Crippen LogP contribution in [0.2, 0.25) is 0 Å². The van der Waals surface area contributed by atoms with Crippen LogP contribution in [-0.4, -0.2) is 18.4 Å². The molecule has 21 heavy (non-hydrogen) atoms. The van der Waals surface area contributed by atoms with Crippen LogP contribution in [0.15, 0.2) is 18.2 Å². The first-order valence-corrected chi connectivity index (χ1v) is 7.81. The molecular formula is C17H22N2O2. The molecule has 112 valence electrons. The van der Waals surface area contributed by atoms with Gasteiger partial charge in [0.15, 0.2) is 0 Å². The van der Waals surface area contributed by atoms with Crippen molar-refractivity contribution in [2.45, 2.75) is 39.5 Å². The number of benzene rings is 1. The molecule has 1 fully saturated rings. The largest absolute Gasteiger partial charge is 0.326 e. The maximum Gasteiger partial charge on any atom is 0.229 e. The number of carbonyl (C=O) groups excluding carboxylic acids is 2. The quantitative estimate of drug-likeness (QED) is 0.928. The minimum atomic E-state index is 0.00481. The second-order valence-corrected chi connectivity index (χ2v) is 6.36. The van der Waals surface area contributed by atoms with E-state index in [0.29, 0.717) is 0 Å². The molecular weight excluding hydrogens is 264 g/mol. The normalized spacial score (nSPS) is 17.6. The SMILES string of the molecule is CC(C)C(=O)N1CCCc2cc(NC(=O)C3CC3)ccc21. The van der Waals surface area contributed by atoms with Crippen molar-refractivity contribution < 1.29 is 9.59 Å². The summed E-state index contributed by atoms with van der Waals surface area (Å²) in [6.07, 6.45) is 3.96. The molecule has 3 rings (SSSR count). The number of anilines is 2. The standard InChI is InChI=1S/C17H22N2O2/c1-11(2)17(21)19-9-3-4-13-10-14(7-8-15(13)19)18-16(20)12-5-6-12/h7-8,10-12H,3-6,9H2,1-2H3,(H,18,20). The van der Waals surface area contributed by atoms with Gasteiger partial charge in [0.2, 0.25) is 11.8 Å². The van der Waals surface area contributed by atoms with Crippen molar-refractivity contribution >= 4 is 23.2 Å². The molecule has 1 aromatic rings. The van der Waals surface area contributed by atoms with E-state index < -0.39 is 0 Å². The fraction of sp³-hybridized carbons (Fsp3) is 0.529. The first-order valence-electron chi connectivity index (χ1n) is 7.81. The van der Waals surface area contributed by atoms with Gasteiger partial charge < -0.3 is 10.2 Å². The Labute approximate surface area is 125 Å².